The fourth-order valence-corrected chi connectivity index (χ4v) is 4.29. The van der Waals surface area contributed by atoms with Gasteiger partial charge in [0.25, 0.3) is 5.91 Å². The fourth-order valence-electron chi connectivity index (χ4n) is 4.29. The molecule has 7 heteroatoms. The molecule has 0 saturated heterocycles. The van der Waals surface area contributed by atoms with E-state index in [0.717, 1.165) is 5.56 Å². The summed E-state index contributed by atoms with van der Waals surface area (Å²) in [6.45, 7) is 17.3. The Labute approximate surface area is 217 Å². The van der Waals surface area contributed by atoms with E-state index in [0.29, 0.717) is 5.57 Å². The second-order valence-electron chi connectivity index (χ2n) is 11.3. The monoisotopic (exact) mass is 502 g/mol. The van der Waals surface area contributed by atoms with E-state index in [9.17, 15) is 14.4 Å². The molecule has 3 atom stereocenters. The maximum Gasteiger partial charge on any atom is 0.333 e. The summed E-state index contributed by atoms with van der Waals surface area (Å²) in [6, 6.07) is 8.54. The smallest absolute Gasteiger partial charge is 0.333 e. The summed E-state index contributed by atoms with van der Waals surface area (Å²) >= 11 is 0. The summed E-state index contributed by atoms with van der Waals surface area (Å²) in [6.07, 6.45) is 0.952. The molecule has 0 aliphatic heterocycles. The zero-order valence-corrected chi connectivity index (χ0v) is 24.0. The second kappa shape index (κ2) is 13.0. The summed E-state index contributed by atoms with van der Waals surface area (Å²) in [5.74, 6) is -0.971. The standard InChI is InChI=1S/C29H46N2O5/c1-12-36-27(34)20(4)18-22(19(2)3)31(10)26(33)23(28(5,6)7)30-25(32)24(35-11)29(8,9)21-16-14-13-15-17-21/h13-19,22-24H,12H2,1-11H3,(H,30,32)/b20-18+/t22-,23-,24+/m1/s1. The van der Waals surface area contributed by atoms with Gasteiger partial charge in [0.05, 0.1) is 12.6 Å². The number of esters is 1. The highest BCUT2D eigenvalue weighted by Gasteiger charge is 2.42. The Balaban J connectivity index is 3.28. The van der Waals surface area contributed by atoms with Crippen molar-refractivity contribution in [3.8, 4) is 0 Å². The molecule has 0 saturated carbocycles. The predicted octanol–water partition coefficient (Wildman–Crippen LogP) is 4.50. The number of nitrogens with zero attached hydrogens (tertiary/aromatic N) is 1. The van der Waals surface area contributed by atoms with Gasteiger partial charge in [-0.1, -0.05) is 84.9 Å². The topological polar surface area (TPSA) is 84.9 Å². The van der Waals surface area contributed by atoms with E-state index in [-0.39, 0.29) is 30.4 Å². The largest absolute Gasteiger partial charge is 0.463 e. The van der Waals surface area contributed by atoms with Gasteiger partial charge in [-0.25, -0.2) is 4.79 Å². The lowest BCUT2D eigenvalue weighted by Gasteiger charge is -2.39. The van der Waals surface area contributed by atoms with Crippen LogP contribution in [0.1, 0.15) is 67.9 Å². The average Bonchev–Trinajstić information content (AvgIpc) is 2.80. The molecule has 1 aromatic carbocycles. The third-order valence-electron chi connectivity index (χ3n) is 6.54. The summed E-state index contributed by atoms with van der Waals surface area (Å²) in [7, 11) is 3.21. The van der Waals surface area contributed by atoms with Crippen LogP contribution in [0.25, 0.3) is 0 Å². The van der Waals surface area contributed by atoms with Gasteiger partial charge >= 0.3 is 5.97 Å². The van der Waals surface area contributed by atoms with Crippen molar-refractivity contribution in [1.82, 2.24) is 10.2 Å². The number of benzene rings is 1. The molecule has 0 aliphatic carbocycles. The molecule has 0 spiro atoms. The van der Waals surface area contributed by atoms with Gasteiger partial charge in [-0.15, -0.1) is 0 Å². The molecular formula is C29H46N2O5. The van der Waals surface area contributed by atoms with E-state index in [1.807, 2.05) is 78.8 Å². The van der Waals surface area contributed by atoms with E-state index in [2.05, 4.69) is 5.32 Å². The van der Waals surface area contributed by atoms with Gasteiger partial charge in [-0.3, -0.25) is 9.59 Å². The van der Waals surface area contributed by atoms with Crippen molar-refractivity contribution in [1.29, 1.82) is 0 Å². The number of carbonyl (C=O) groups is 3. The van der Waals surface area contributed by atoms with Gasteiger partial charge in [-0.2, -0.15) is 0 Å². The third kappa shape index (κ3) is 7.92. The zero-order chi connectivity index (χ0) is 27.8. The number of hydrogen-bond donors (Lipinski definition) is 1. The number of carbonyl (C=O) groups excluding carboxylic acids is 3. The number of nitrogens with one attached hydrogen (secondary N) is 1. The quantitative estimate of drug-likeness (QED) is 0.356. The first-order valence-electron chi connectivity index (χ1n) is 12.6. The molecule has 0 heterocycles. The Bertz CT molecular complexity index is 915. The van der Waals surface area contributed by atoms with Crippen molar-refractivity contribution >= 4 is 17.8 Å². The van der Waals surface area contributed by atoms with Crippen molar-refractivity contribution in [2.75, 3.05) is 20.8 Å². The molecule has 0 fully saturated rings. The first-order valence-corrected chi connectivity index (χ1v) is 12.6. The van der Waals surface area contributed by atoms with Gasteiger partial charge in [0.2, 0.25) is 5.91 Å². The van der Waals surface area contributed by atoms with Crippen LogP contribution in [0.2, 0.25) is 0 Å². The molecule has 0 bridgehead atoms. The lowest BCUT2D eigenvalue weighted by atomic mass is 9.78. The van der Waals surface area contributed by atoms with Crippen molar-refractivity contribution in [3.63, 3.8) is 0 Å². The van der Waals surface area contributed by atoms with Crippen LogP contribution in [-0.4, -0.2) is 61.6 Å². The van der Waals surface area contributed by atoms with E-state index >= 15 is 0 Å². The van der Waals surface area contributed by atoms with Crippen LogP contribution in [0.3, 0.4) is 0 Å². The van der Waals surface area contributed by atoms with Gasteiger partial charge in [0.15, 0.2) is 0 Å². The molecule has 0 aromatic heterocycles. The highest BCUT2D eigenvalue weighted by molar-refractivity contribution is 5.91. The molecule has 0 unspecified atom stereocenters. The minimum Gasteiger partial charge on any atom is -0.463 e. The van der Waals surface area contributed by atoms with Crippen LogP contribution >= 0.6 is 0 Å². The minimum atomic E-state index is -0.810. The van der Waals surface area contributed by atoms with Gasteiger partial charge in [0.1, 0.15) is 12.1 Å². The van der Waals surface area contributed by atoms with Crippen LogP contribution in [0.15, 0.2) is 42.0 Å². The van der Waals surface area contributed by atoms with E-state index < -0.39 is 28.9 Å². The highest BCUT2D eigenvalue weighted by Crippen LogP contribution is 2.30. The number of hydrogen-bond acceptors (Lipinski definition) is 5. The number of ether oxygens (including phenoxy) is 2. The van der Waals surface area contributed by atoms with Gasteiger partial charge < -0.3 is 19.7 Å². The second-order valence-corrected chi connectivity index (χ2v) is 11.3. The summed E-state index contributed by atoms with van der Waals surface area (Å²) in [5, 5.41) is 2.99. The fraction of sp³-hybridized carbons (Fsp3) is 0.621. The summed E-state index contributed by atoms with van der Waals surface area (Å²) < 4.78 is 10.8. The first-order chi connectivity index (χ1) is 16.6. The molecule has 0 aliphatic rings. The highest BCUT2D eigenvalue weighted by atomic mass is 16.5. The molecule has 0 radical (unpaired) electrons. The van der Waals surface area contributed by atoms with Crippen LogP contribution < -0.4 is 5.32 Å². The Hall–Kier alpha value is -2.67. The maximum absolute atomic E-state index is 13.8. The number of likely N-dealkylation sites (N-methyl/N-ethyl adjacent to an activating group) is 1. The van der Waals surface area contributed by atoms with Crippen LogP contribution in [0, 0.1) is 11.3 Å². The Morgan fingerprint density at radius 3 is 2.06 bits per heavy atom. The van der Waals surface area contributed by atoms with Crippen molar-refractivity contribution < 1.29 is 23.9 Å². The van der Waals surface area contributed by atoms with Crippen LogP contribution in [0.5, 0.6) is 0 Å². The number of amides is 2. The van der Waals surface area contributed by atoms with Crippen LogP contribution in [-0.2, 0) is 29.3 Å². The molecular weight excluding hydrogens is 456 g/mol. The Morgan fingerprint density at radius 2 is 1.61 bits per heavy atom. The lowest BCUT2D eigenvalue weighted by Crippen LogP contribution is -2.59. The number of rotatable bonds is 11. The van der Waals surface area contributed by atoms with Crippen LogP contribution in [0.4, 0.5) is 0 Å². The van der Waals surface area contributed by atoms with Crippen molar-refractivity contribution in [3.05, 3.63) is 47.5 Å². The van der Waals surface area contributed by atoms with E-state index in [1.165, 1.54) is 7.11 Å². The number of methoxy groups -OCH3 is 1. The normalized spacial score (nSPS) is 15.2. The van der Waals surface area contributed by atoms with Crippen molar-refractivity contribution in [2.24, 2.45) is 11.3 Å². The van der Waals surface area contributed by atoms with E-state index in [1.54, 1.807) is 31.9 Å². The van der Waals surface area contributed by atoms with Gasteiger partial charge in [0, 0.05) is 25.1 Å². The molecule has 1 aromatic rings. The summed E-state index contributed by atoms with van der Waals surface area (Å²) in [5.41, 5.74) is 0.201. The average molecular weight is 503 g/mol. The molecule has 1 rings (SSSR count). The van der Waals surface area contributed by atoms with Gasteiger partial charge in [-0.05, 0) is 30.7 Å². The third-order valence-corrected chi connectivity index (χ3v) is 6.54. The Morgan fingerprint density at radius 1 is 1.06 bits per heavy atom. The minimum absolute atomic E-state index is 0.0309. The van der Waals surface area contributed by atoms with Crippen molar-refractivity contribution in [2.45, 2.75) is 85.9 Å². The SMILES string of the molecule is CCOC(=O)/C(C)=C/[C@H](C(C)C)N(C)C(=O)[C@@H](NC(=O)[C@H](OC)C(C)(C)c1ccccc1)C(C)(C)C. The maximum atomic E-state index is 13.8. The molecule has 2 amide bonds. The molecule has 1 N–H and O–H groups in total. The zero-order valence-electron chi connectivity index (χ0n) is 24.0. The molecule has 7 nitrogen and oxygen atoms in total. The van der Waals surface area contributed by atoms with E-state index in [4.69, 9.17) is 9.47 Å². The first kappa shape index (κ1) is 31.4. The molecule has 202 valence electrons. The Kier molecular flexibility index (Phi) is 11.4. The predicted molar refractivity (Wildman–Crippen MR) is 143 cm³/mol. The molecule has 36 heavy (non-hydrogen) atoms. The lowest BCUT2D eigenvalue weighted by molar-refractivity contribution is -0.144. The summed E-state index contributed by atoms with van der Waals surface area (Å²) in [4.78, 5) is 41.1.